The van der Waals surface area contributed by atoms with Crippen molar-refractivity contribution >= 4 is 17.5 Å². The van der Waals surface area contributed by atoms with Crippen LogP contribution in [0.15, 0.2) is 18.2 Å². The topological polar surface area (TPSA) is 51.2 Å². The molecule has 0 radical (unpaired) electrons. The molecule has 86 valence electrons. The second-order valence-electron chi connectivity index (χ2n) is 3.79. The Bertz CT molecular complexity index is 397. The third-order valence-electron chi connectivity index (χ3n) is 2.64. The molecule has 2 heterocycles. The summed E-state index contributed by atoms with van der Waals surface area (Å²) in [4.78, 5) is 15.8. The van der Waals surface area contributed by atoms with Crippen LogP contribution in [-0.2, 0) is 4.74 Å². The highest BCUT2D eigenvalue weighted by Crippen LogP contribution is 2.13. The number of hydrogen-bond donors (Lipinski definition) is 1. The van der Waals surface area contributed by atoms with Crippen molar-refractivity contribution in [1.82, 2.24) is 10.3 Å². The van der Waals surface area contributed by atoms with E-state index < -0.39 is 0 Å². The fourth-order valence-corrected chi connectivity index (χ4v) is 1.86. The monoisotopic (exact) mass is 240 g/mol. The third-order valence-corrected chi connectivity index (χ3v) is 2.85. The summed E-state index contributed by atoms with van der Waals surface area (Å²) in [5.74, 6) is -0.204. The van der Waals surface area contributed by atoms with Crippen LogP contribution >= 0.6 is 11.6 Å². The molecule has 0 saturated carbocycles. The number of nitrogens with one attached hydrogen (secondary N) is 1. The summed E-state index contributed by atoms with van der Waals surface area (Å²) in [6, 6.07) is 5.05. The average molecular weight is 241 g/mol. The van der Waals surface area contributed by atoms with Gasteiger partial charge >= 0.3 is 0 Å². The zero-order chi connectivity index (χ0) is 11.5. The minimum Gasteiger partial charge on any atom is -0.376 e. The second-order valence-corrected chi connectivity index (χ2v) is 4.18. The molecule has 1 fully saturated rings. The van der Waals surface area contributed by atoms with Crippen molar-refractivity contribution in [1.29, 1.82) is 0 Å². The lowest BCUT2D eigenvalue weighted by atomic mass is 10.1. The molecule has 1 N–H and O–H groups in total. The predicted octanol–water partition coefficient (Wildman–Crippen LogP) is 1.64. The lowest BCUT2D eigenvalue weighted by Crippen LogP contribution is -2.39. The van der Waals surface area contributed by atoms with Gasteiger partial charge in [0, 0.05) is 6.61 Å². The summed E-state index contributed by atoms with van der Waals surface area (Å²) < 4.78 is 5.36. The maximum absolute atomic E-state index is 11.8. The van der Waals surface area contributed by atoms with E-state index in [1.54, 1.807) is 18.2 Å². The van der Waals surface area contributed by atoms with Crippen LogP contribution in [0.4, 0.5) is 0 Å². The Morgan fingerprint density at radius 2 is 2.44 bits per heavy atom. The number of nitrogens with zero attached hydrogens (tertiary/aromatic N) is 1. The minimum atomic E-state index is -0.204. The first-order chi connectivity index (χ1) is 7.66. The Morgan fingerprint density at radius 1 is 1.62 bits per heavy atom. The molecular weight excluding hydrogens is 228 g/mol. The third kappa shape index (κ3) is 2.51. The van der Waals surface area contributed by atoms with Crippen molar-refractivity contribution in [2.45, 2.75) is 25.5 Å². The van der Waals surface area contributed by atoms with Crippen LogP contribution in [0.2, 0.25) is 5.15 Å². The number of halogens is 1. The van der Waals surface area contributed by atoms with Crippen LogP contribution in [0.1, 0.15) is 23.8 Å². The summed E-state index contributed by atoms with van der Waals surface area (Å²) in [6.07, 6.45) is 0.899. The zero-order valence-electron chi connectivity index (χ0n) is 8.94. The molecule has 1 saturated heterocycles. The molecule has 1 amide bonds. The number of amides is 1. The fourth-order valence-electron chi connectivity index (χ4n) is 1.70. The lowest BCUT2D eigenvalue weighted by Gasteiger charge is -2.15. The van der Waals surface area contributed by atoms with Gasteiger partial charge in [-0.05, 0) is 25.5 Å². The Balaban J connectivity index is 2.03. The fraction of sp³-hybridized carbons (Fsp3) is 0.455. The normalized spacial score (nSPS) is 24.4. The molecule has 2 unspecified atom stereocenters. The summed E-state index contributed by atoms with van der Waals surface area (Å²) >= 11 is 5.72. The zero-order valence-corrected chi connectivity index (χ0v) is 9.70. The number of carbonyl (C=O) groups excluding carboxylic acids is 1. The standard InChI is InChI=1S/C11H13ClN2O2/c1-7-8(5-6-16-7)14-11(15)9-3-2-4-10(12)13-9/h2-4,7-8H,5-6H2,1H3,(H,14,15). The number of rotatable bonds is 2. The quantitative estimate of drug-likeness (QED) is 0.800. The van der Waals surface area contributed by atoms with Gasteiger partial charge in [0.1, 0.15) is 10.8 Å². The van der Waals surface area contributed by atoms with Crippen molar-refractivity contribution in [3.8, 4) is 0 Å². The van der Waals surface area contributed by atoms with E-state index in [-0.39, 0.29) is 18.1 Å². The Morgan fingerprint density at radius 3 is 3.06 bits per heavy atom. The second kappa shape index (κ2) is 4.80. The first kappa shape index (κ1) is 11.4. The van der Waals surface area contributed by atoms with Crippen LogP contribution in [0.3, 0.4) is 0 Å². The molecule has 2 rings (SSSR count). The Hall–Kier alpha value is -1.13. The van der Waals surface area contributed by atoms with Gasteiger partial charge < -0.3 is 10.1 Å². The first-order valence-electron chi connectivity index (χ1n) is 5.22. The maximum atomic E-state index is 11.8. The number of pyridine rings is 1. The molecule has 16 heavy (non-hydrogen) atoms. The average Bonchev–Trinajstić information content (AvgIpc) is 2.64. The van der Waals surface area contributed by atoms with Crippen molar-refractivity contribution in [2.24, 2.45) is 0 Å². The maximum Gasteiger partial charge on any atom is 0.270 e. The largest absolute Gasteiger partial charge is 0.376 e. The molecule has 0 spiro atoms. The number of carbonyl (C=O) groups is 1. The van der Waals surface area contributed by atoms with Crippen LogP contribution in [-0.4, -0.2) is 29.6 Å². The lowest BCUT2D eigenvalue weighted by molar-refractivity contribution is 0.0862. The number of hydrogen-bond acceptors (Lipinski definition) is 3. The molecule has 1 aromatic heterocycles. The van der Waals surface area contributed by atoms with Crippen LogP contribution in [0, 0.1) is 0 Å². The molecule has 0 aliphatic carbocycles. The van der Waals surface area contributed by atoms with Crippen molar-refractivity contribution < 1.29 is 9.53 Å². The van der Waals surface area contributed by atoms with Gasteiger partial charge in [0.25, 0.3) is 5.91 Å². The highest BCUT2D eigenvalue weighted by molar-refractivity contribution is 6.29. The smallest absolute Gasteiger partial charge is 0.270 e. The van der Waals surface area contributed by atoms with E-state index in [1.807, 2.05) is 6.92 Å². The first-order valence-corrected chi connectivity index (χ1v) is 5.59. The SMILES string of the molecule is CC1OCCC1NC(=O)c1cccc(Cl)n1. The molecular formula is C11H13ClN2O2. The molecule has 0 aromatic carbocycles. The van der Waals surface area contributed by atoms with Gasteiger partial charge in [-0.2, -0.15) is 0 Å². The van der Waals surface area contributed by atoms with E-state index in [9.17, 15) is 4.79 Å². The highest BCUT2D eigenvalue weighted by atomic mass is 35.5. The van der Waals surface area contributed by atoms with Gasteiger partial charge in [0.15, 0.2) is 0 Å². The van der Waals surface area contributed by atoms with Gasteiger partial charge in [0.2, 0.25) is 0 Å². The van der Waals surface area contributed by atoms with E-state index in [2.05, 4.69) is 10.3 Å². The summed E-state index contributed by atoms with van der Waals surface area (Å²) in [6.45, 7) is 2.64. The minimum absolute atomic E-state index is 0.0585. The molecule has 5 heteroatoms. The van der Waals surface area contributed by atoms with E-state index in [0.717, 1.165) is 6.42 Å². The predicted molar refractivity (Wildman–Crippen MR) is 60.5 cm³/mol. The van der Waals surface area contributed by atoms with Crippen LogP contribution in [0.25, 0.3) is 0 Å². The van der Waals surface area contributed by atoms with Crippen molar-refractivity contribution in [2.75, 3.05) is 6.61 Å². The number of ether oxygens (including phenoxy) is 1. The van der Waals surface area contributed by atoms with E-state index >= 15 is 0 Å². The molecule has 0 bridgehead atoms. The van der Waals surface area contributed by atoms with Gasteiger partial charge in [-0.1, -0.05) is 17.7 Å². The Kier molecular flexibility index (Phi) is 3.41. The summed E-state index contributed by atoms with van der Waals surface area (Å²) in [7, 11) is 0. The summed E-state index contributed by atoms with van der Waals surface area (Å²) in [5, 5.41) is 3.21. The highest BCUT2D eigenvalue weighted by Gasteiger charge is 2.26. The van der Waals surface area contributed by atoms with Crippen molar-refractivity contribution in [3.63, 3.8) is 0 Å². The molecule has 2 atom stereocenters. The Labute approximate surface area is 99.0 Å². The summed E-state index contributed by atoms with van der Waals surface area (Å²) in [5.41, 5.74) is 0.339. The molecule has 4 nitrogen and oxygen atoms in total. The van der Waals surface area contributed by atoms with Crippen molar-refractivity contribution in [3.05, 3.63) is 29.0 Å². The van der Waals surface area contributed by atoms with Crippen LogP contribution < -0.4 is 5.32 Å². The molecule has 1 aliphatic heterocycles. The van der Waals surface area contributed by atoms with Gasteiger partial charge in [-0.25, -0.2) is 4.98 Å². The van der Waals surface area contributed by atoms with Gasteiger partial charge in [-0.3, -0.25) is 4.79 Å². The number of aromatic nitrogens is 1. The van der Waals surface area contributed by atoms with E-state index in [0.29, 0.717) is 17.5 Å². The van der Waals surface area contributed by atoms with E-state index in [4.69, 9.17) is 16.3 Å². The molecule has 1 aromatic rings. The molecule has 1 aliphatic rings. The van der Waals surface area contributed by atoms with Gasteiger partial charge in [0.05, 0.1) is 12.1 Å². The van der Waals surface area contributed by atoms with Gasteiger partial charge in [-0.15, -0.1) is 0 Å². The van der Waals surface area contributed by atoms with Crippen LogP contribution in [0.5, 0.6) is 0 Å². The van der Waals surface area contributed by atoms with E-state index in [1.165, 1.54) is 0 Å².